The number of benzene rings is 2. The first kappa shape index (κ1) is 9.22. The van der Waals surface area contributed by atoms with Crippen molar-refractivity contribution in [2.75, 3.05) is 6.61 Å². The van der Waals surface area contributed by atoms with E-state index >= 15 is 0 Å². The average Bonchev–Trinajstić information content (AvgIpc) is 2.26. The monoisotopic (exact) mass is 186 g/mol. The van der Waals surface area contributed by atoms with Gasteiger partial charge in [0, 0.05) is 6.61 Å². The Morgan fingerprint density at radius 1 is 1.00 bits per heavy atom. The van der Waals surface area contributed by atoms with Crippen LogP contribution in [-0.4, -0.2) is 6.61 Å². The summed E-state index contributed by atoms with van der Waals surface area (Å²) in [5.74, 6) is 0. The van der Waals surface area contributed by atoms with Gasteiger partial charge in [-0.3, -0.25) is 0 Å². The van der Waals surface area contributed by atoms with Crippen LogP contribution in [0.15, 0.2) is 42.5 Å². The van der Waals surface area contributed by atoms with E-state index in [-0.39, 0.29) is 0 Å². The largest absolute Gasteiger partial charge is 0.377 e. The molecule has 0 aliphatic rings. The average molecular weight is 186 g/mol. The Kier molecular flexibility index (Phi) is 2.80. The maximum absolute atomic E-state index is 5.37. The summed E-state index contributed by atoms with van der Waals surface area (Å²) in [5, 5.41) is 2.57. The van der Waals surface area contributed by atoms with Crippen LogP contribution in [0, 0.1) is 0 Å². The topological polar surface area (TPSA) is 9.23 Å². The van der Waals surface area contributed by atoms with E-state index in [4.69, 9.17) is 4.74 Å². The third-order valence-corrected chi connectivity index (χ3v) is 2.29. The molecule has 1 nitrogen and oxygen atoms in total. The van der Waals surface area contributed by atoms with E-state index in [1.54, 1.807) is 0 Å². The summed E-state index contributed by atoms with van der Waals surface area (Å²) in [6.45, 7) is 3.50. The minimum atomic E-state index is 0.710. The van der Waals surface area contributed by atoms with Crippen molar-refractivity contribution in [3.8, 4) is 0 Å². The molecule has 0 aliphatic carbocycles. The second-order valence-corrected chi connectivity index (χ2v) is 3.32. The van der Waals surface area contributed by atoms with Gasteiger partial charge in [0.15, 0.2) is 0 Å². The van der Waals surface area contributed by atoms with Gasteiger partial charge in [-0.25, -0.2) is 0 Å². The highest BCUT2D eigenvalue weighted by atomic mass is 16.5. The van der Waals surface area contributed by atoms with Crippen molar-refractivity contribution < 1.29 is 4.74 Å². The second-order valence-electron chi connectivity index (χ2n) is 3.32. The molecule has 0 radical (unpaired) electrons. The molecular weight excluding hydrogens is 172 g/mol. The number of hydrogen-bond acceptors (Lipinski definition) is 1. The standard InChI is InChI=1S/C13H14O/c1-2-14-10-11-7-8-12-5-3-4-6-13(12)9-11/h3-9H,2,10H2,1H3. The van der Waals surface area contributed by atoms with Crippen LogP contribution in [0.5, 0.6) is 0 Å². The molecule has 2 aromatic rings. The van der Waals surface area contributed by atoms with Crippen LogP contribution in [0.4, 0.5) is 0 Å². The molecule has 0 heterocycles. The molecule has 0 bridgehead atoms. The maximum atomic E-state index is 5.37. The van der Waals surface area contributed by atoms with Crippen LogP contribution in [0.2, 0.25) is 0 Å². The molecule has 2 aromatic carbocycles. The molecular formula is C13H14O. The second kappa shape index (κ2) is 4.25. The lowest BCUT2D eigenvalue weighted by Crippen LogP contribution is -1.91. The zero-order valence-electron chi connectivity index (χ0n) is 8.36. The number of rotatable bonds is 3. The van der Waals surface area contributed by atoms with Crippen molar-refractivity contribution in [3.05, 3.63) is 48.0 Å². The molecule has 0 unspecified atom stereocenters. The van der Waals surface area contributed by atoms with E-state index in [9.17, 15) is 0 Å². The predicted octanol–water partition coefficient (Wildman–Crippen LogP) is 3.38. The lowest BCUT2D eigenvalue weighted by atomic mass is 10.1. The summed E-state index contributed by atoms with van der Waals surface area (Å²) in [7, 11) is 0. The van der Waals surface area contributed by atoms with Crippen LogP contribution in [0.25, 0.3) is 10.8 Å². The molecule has 0 amide bonds. The molecule has 0 saturated carbocycles. The van der Waals surface area contributed by atoms with Gasteiger partial charge in [-0.2, -0.15) is 0 Å². The van der Waals surface area contributed by atoms with Crippen LogP contribution >= 0.6 is 0 Å². The highest BCUT2D eigenvalue weighted by Gasteiger charge is 1.95. The first-order valence-corrected chi connectivity index (χ1v) is 4.95. The van der Waals surface area contributed by atoms with Crippen molar-refractivity contribution in [2.24, 2.45) is 0 Å². The summed E-state index contributed by atoms with van der Waals surface area (Å²) in [6, 6.07) is 14.8. The van der Waals surface area contributed by atoms with Gasteiger partial charge in [0.1, 0.15) is 0 Å². The molecule has 72 valence electrons. The van der Waals surface area contributed by atoms with Gasteiger partial charge in [0.2, 0.25) is 0 Å². The number of ether oxygens (including phenoxy) is 1. The van der Waals surface area contributed by atoms with Crippen LogP contribution in [-0.2, 0) is 11.3 Å². The lowest BCUT2D eigenvalue weighted by molar-refractivity contribution is 0.134. The van der Waals surface area contributed by atoms with E-state index in [1.165, 1.54) is 16.3 Å². The van der Waals surface area contributed by atoms with Crippen molar-refractivity contribution in [1.29, 1.82) is 0 Å². The van der Waals surface area contributed by atoms with Crippen molar-refractivity contribution in [2.45, 2.75) is 13.5 Å². The lowest BCUT2D eigenvalue weighted by Gasteiger charge is -2.03. The van der Waals surface area contributed by atoms with Crippen molar-refractivity contribution >= 4 is 10.8 Å². The quantitative estimate of drug-likeness (QED) is 0.714. The Morgan fingerprint density at radius 2 is 1.79 bits per heavy atom. The number of fused-ring (bicyclic) bond motifs is 1. The van der Waals surface area contributed by atoms with Crippen molar-refractivity contribution in [1.82, 2.24) is 0 Å². The van der Waals surface area contributed by atoms with E-state index in [1.807, 2.05) is 6.92 Å². The van der Waals surface area contributed by atoms with Gasteiger partial charge in [0.05, 0.1) is 6.61 Å². The molecule has 0 fully saturated rings. The van der Waals surface area contributed by atoms with Crippen LogP contribution < -0.4 is 0 Å². The van der Waals surface area contributed by atoms with Crippen LogP contribution in [0.1, 0.15) is 12.5 Å². The Labute approximate surface area is 84.3 Å². The van der Waals surface area contributed by atoms with Gasteiger partial charge in [-0.15, -0.1) is 0 Å². The zero-order chi connectivity index (χ0) is 9.80. The fourth-order valence-electron chi connectivity index (χ4n) is 1.55. The molecule has 0 atom stereocenters. The highest BCUT2D eigenvalue weighted by Crippen LogP contribution is 2.15. The minimum absolute atomic E-state index is 0.710. The Morgan fingerprint density at radius 3 is 2.57 bits per heavy atom. The van der Waals surface area contributed by atoms with E-state index < -0.39 is 0 Å². The van der Waals surface area contributed by atoms with E-state index in [0.29, 0.717) is 6.61 Å². The molecule has 2 rings (SSSR count). The van der Waals surface area contributed by atoms with Gasteiger partial charge >= 0.3 is 0 Å². The van der Waals surface area contributed by atoms with E-state index in [2.05, 4.69) is 42.5 Å². The third kappa shape index (κ3) is 1.94. The molecule has 0 aromatic heterocycles. The Hall–Kier alpha value is -1.34. The fraction of sp³-hybridized carbons (Fsp3) is 0.231. The molecule has 0 aliphatic heterocycles. The molecule has 14 heavy (non-hydrogen) atoms. The van der Waals surface area contributed by atoms with Gasteiger partial charge in [-0.05, 0) is 29.3 Å². The Balaban J connectivity index is 2.32. The zero-order valence-corrected chi connectivity index (χ0v) is 8.36. The summed E-state index contributed by atoms with van der Waals surface area (Å²) in [6.07, 6.45) is 0. The first-order valence-electron chi connectivity index (χ1n) is 4.95. The predicted molar refractivity (Wildman–Crippen MR) is 59.3 cm³/mol. The van der Waals surface area contributed by atoms with Gasteiger partial charge in [0.25, 0.3) is 0 Å². The normalized spacial score (nSPS) is 10.6. The molecule has 0 spiro atoms. The molecule has 0 N–H and O–H groups in total. The SMILES string of the molecule is CCOCc1ccc2ccccc2c1. The van der Waals surface area contributed by atoms with Crippen molar-refractivity contribution in [3.63, 3.8) is 0 Å². The Bertz CT molecular complexity index is 420. The summed E-state index contributed by atoms with van der Waals surface area (Å²) in [4.78, 5) is 0. The minimum Gasteiger partial charge on any atom is -0.377 e. The summed E-state index contributed by atoms with van der Waals surface area (Å²) >= 11 is 0. The van der Waals surface area contributed by atoms with Gasteiger partial charge < -0.3 is 4.74 Å². The fourth-order valence-corrected chi connectivity index (χ4v) is 1.55. The van der Waals surface area contributed by atoms with E-state index in [0.717, 1.165) is 6.61 Å². The summed E-state index contributed by atoms with van der Waals surface area (Å²) in [5.41, 5.74) is 1.24. The van der Waals surface area contributed by atoms with Gasteiger partial charge in [-0.1, -0.05) is 36.4 Å². The smallest absolute Gasteiger partial charge is 0.0716 e. The molecule has 1 heteroatoms. The summed E-state index contributed by atoms with van der Waals surface area (Å²) < 4.78 is 5.37. The third-order valence-electron chi connectivity index (χ3n) is 2.29. The number of hydrogen-bond donors (Lipinski definition) is 0. The highest BCUT2D eigenvalue weighted by molar-refractivity contribution is 5.82. The molecule has 0 saturated heterocycles. The maximum Gasteiger partial charge on any atom is 0.0716 e. The van der Waals surface area contributed by atoms with Crippen LogP contribution in [0.3, 0.4) is 0 Å². The first-order chi connectivity index (χ1) is 6.90.